The van der Waals surface area contributed by atoms with Gasteiger partial charge in [0, 0.05) is 19.3 Å². The number of aliphatic hydroxyl groups excluding tert-OH is 3. The number of unbranched alkanes of at least 4 members (excludes halogenated alkanes) is 5. The van der Waals surface area contributed by atoms with Crippen LogP contribution in [0.1, 0.15) is 135 Å². The van der Waals surface area contributed by atoms with Gasteiger partial charge in [-0.25, -0.2) is 0 Å². The van der Waals surface area contributed by atoms with Crippen molar-refractivity contribution >= 4 is 17.9 Å². The van der Waals surface area contributed by atoms with Crippen LogP contribution in [0.5, 0.6) is 0 Å². The lowest BCUT2D eigenvalue weighted by atomic mass is 10.0. The van der Waals surface area contributed by atoms with Crippen LogP contribution in [0, 0.1) is 0 Å². The number of hydrogen-bond donors (Lipinski definition) is 3. The molecule has 2 aromatic rings. The van der Waals surface area contributed by atoms with E-state index < -0.39 is 48.4 Å². The summed E-state index contributed by atoms with van der Waals surface area (Å²) < 4.78 is 22.8. The minimum atomic E-state index is -1.13. The van der Waals surface area contributed by atoms with Gasteiger partial charge in [0.1, 0.15) is 18.8 Å². The second-order valence-corrected chi connectivity index (χ2v) is 14.2. The molecule has 0 aliphatic heterocycles. The van der Waals surface area contributed by atoms with E-state index in [0.29, 0.717) is 19.4 Å². The van der Waals surface area contributed by atoms with Gasteiger partial charge in [-0.2, -0.15) is 0 Å². The first-order valence-electron chi connectivity index (χ1n) is 20.1. The van der Waals surface area contributed by atoms with Crippen LogP contribution in [0.4, 0.5) is 0 Å². The molecule has 0 unspecified atom stereocenters. The number of esters is 3. The summed E-state index contributed by atoms with van der Waals surface area (Å²) in [6.07, 6.45) is 6.87. The molecule has 0 bridgehead atoms. The van der Waals surface area contributed by atoms with Gasteiger partial charge in [0.05, 0.1) is 50.3 Å². The molecule has 54 heavy (non-hydrogen) atoms. The van der Waals surface area contributed by atoms with Crippen LogP contribution in [-0.4, -0.2) is 69.9 Å². The summed E-state index contributed by atoms with van der Waals surface area (Å²) in [5, 5.41) is 32.4. The fraction of sp³-hybridized carbons (Fsp3) is 0.614. The van der Waals surface area contributed by atoms with Crippen molar-refractivity contribution in [2.45, 2.75) is 173 Å². The lowest BCUT2D eigenvalue weighted by Crippen LogP contribution is -2.30. The average Bonchev–Trinajstić information content (AvgIpc) is 3.13. The van der Waals surface area contributed by atoms with Gasteiger partial charge in [-0.3, -0.25) is 14.4 Å². The quantitative estimate of drug-likeness (QED) is 0.0309. The molecule has 302 valence electrons. The summed E-state index contributed by atoms with van der Waals surface area (Å²) in [5.41, 5.74) is 1.86. The third-order valence-corrected chi connectivity index (χ3v) is 8.99. The minimum Gasteiger partial charge on any atom is -0.462 e. The van der Waals surface area contributed by atoms with E-state index >= 15 is 0 Å². The van der Waals surface area contributed by atoms with E-state index in [4.69, 9.17) is 18.9 Å². The van der Waals surface area contributed by atoms with Gasteiger partial charge in [-0.05, 0) is 43.2 Å². The van der Waals surface area contributed by atoms with Crippen LogP contribution in [0.2, 0.25) is 0 Å². The summed E-state index contributed by atoms with van der Waals surface area (Å²) in [6.45, 7) is 6.69. The summed E-state index contributed by atoms with van der Waals surface area (Å²) >= 11 is 0. The van der Waals surface area contributed by atoms with E-state index in [1.807, 2.05) is 72.8 Å². The minimum absolute atomic E-state index is 0.0413. The first-order valence-corrected chi connectivity index (χ1v) is 20.1. The summed E-state index contributed by atoms with van der Waals surface area (Å²) in [5.74, 6) is -1.75. The third-order valence-electron chi connectivity index (χ3n) is 8.99. The summed E-state index contributed by atoms with van der Waals surface area (Å²) in [7, 11) is 0. The van der Waals surface area contributed by atoms with Gasteiger partial charge >= 0.3 is 17.9 Å². The van der Waals surface area contributed by atoms with Crippen molar-refractivity contribution in [3.63, 3.8) is 0 Å². The zero-order valence-corrected chi connectivity index (χ0v) is 32.8. The fourth-order valence-corrected chi connectivity index (χ4v) is 6.06. The van der Waals surface area contributed by atoms with Crippen molar-refractivity contribution in [2.75, 3.05) is 0 Å². The first kappa shape index (κ1) is 46.6. The molecule has 2 rings (SSSR count). The number of rotatable bonds is 30. The molecule has 0 spiro atoms. The highest BCUT2D eigenvalue weighted by Crippen LogP contribution is 2.20. The van der Waals surface area contributed by atoms with Crippen LogP contribution in [-0.2, 0) is 46.5 Å². The van der Waals surface area contributed by atoms with E-state index in [2.05, 4.69) is 20.8 Å². The Morgan fingerprint density at radius 1 is 0.593 bits per heavy atom. The molecular weight excluding hydrogens is 688 g/mol. The van der Waals surface area contributed by atoms with Crippen molar-refractivity contribution in [1.29, 1.82) is 0 Å². The van der Waals surface area contributed by atoms with Crippen LogP contribution < -0.4 is 0 Å². The molecule has 0 aromatic heterocycles. The number of carbonyl (C=O) groups excluding carboxylic acids is 3. The molecule has 2 aromatic carbocycles. The van der Waals surface area contributed by atoms with Gasteiger partial charge in [0.25, 0.3) is 0 Å². The van der Waals surface area contributed by atoms with Crippen LogP contribution in [0.3, 0.4) is 0 Å². The van der Waals surface area contributed by atoms with Gasteiger partial charge in [-0.15, -0.1) is 0 Å². The van der Waals surface area contributed by atoms with Crippen molar-refractivity contribution < 1.29 is 48.7 Å². The monoisotopic (exact) mass is 754 g/mol. The van der Waals surface area contributed by atoms with E-state index in [-0.39, 0.29) is 51.2 Å². The predicted molar refractivity (Wildman–Crippen MR) is 209 cm³/mol. The second-order valence-electron chi connectivity index (χ2n) is 14.2. The first-order chi connectivity index (χ1) is 26.1. The predicted octanol–water partition coefficient (Wildman–Crippen LogP) is 8.08. The fourth-order valence-electron chi connectivity index (χ4n) is 6.06. The largest absolute Gasteiger partial charge is 0.462 e. The van der Waals surface area contributed by atoms with Crippen LogP contribution in [0.15, 0.2) is 72.8 Å². The lowest BCUT2D eigenvalue weighted by molar-refractivity contribution is -0.155. The number of allylic oxidation sites excluding steroid dienone is 1. The SMILES string of the molecule is CCC/C=C\[C@H](C[C@@H](O)CC(=O)O[C@H](CCCCC)C[C@@H](O)CC(=O)O[C@H](CCCCC)C[C@@H](O)CC(=O)OCc1ccccc1)OCc1ccccc1. The average molecular weight is 755 g/mol. The van der Waals surface area contributed by atoms with E-state index in [0.717, 1.165) is 62.5 Å². The maximum Gasteiger partial charge on any atom is 0.308 e. The van der Waals surface area contributed by atoms with Gasteiger partial charge in [-0.1, -0.05) is 126 Å². The molecule has 0 saturated carbocycles. The van der Waals surface area contributed by atoms with E-state index in [9.17, 15) is 29.7 Å². The molecule has 0 radical (unpaired) electrons. The standard InChI is InChI=1S/C44H66O10/c1-4-7-12-23-39(51-32-34-19-15-10-16-20-34)26-36(45)30-43(49)54-41(25-14-9-6-3)28-38(47)31-44(50)53-40(24-13-8-5-2)27-37(46)29-42(48)52-33-35-21-17-11-18-22-35/h10-12,15-23,36-41,45-47H,4-9,13-14,24-33H2,1-3H3/b23-12-/t36-,37-,38-,39-,40-,41-/m1/s1. The maximum atomic E-state index is 13.0. The Hall–Kier alpha value is -3.57. The Kier molecular flexibility index (Phi) is 24.9. The Morgan fingerprint density at radius 3 is 1.54 bits per heavy atom. The van der Waals surface area contributed by atoms with Crippen LogP contribution in [0.25, 0.3) is 0 Å². The molecular formula is C44H66O10. The topological polar surface area (TPSA) is 149 Å². The lowest BCUT2D eigenvalue weighted by Gasteiger charge is -2.24. The Morgan fingerprint density at radius 2 is 1.06 bits per heavy atom. The number of carbonyl (C=O) groups is 3. The molecule has 0 saturated heterocycles. The van der Waals surface area contributed by atoms with Crippen molar-refractivity contribution in [3.05, 3.63) is 83.9 Å². The van der Waals surface area contributed by atoms with Crippen molar-refractivity contribution in [1.82, 2.24) is 0 Å². The van der Waals surface area contributed by atoms with E-state index in [1.54, 1.807) is 0 Å². The highest BCUT2D eigenvalue weighted by atomic mass is 16.6. The number of ether oxygens (including phenoxy) is 4. The van der Waals surface area contributed by atoms with E-state index in [1.165, 1.54) is 0 Å². The number of aliphatic hydroxyl groups is 3. The highest BCUT2D eigenvalue weighted by Gasteiger charge is 2.26. The molecule has 10 heteroatoms. The molecule has 0 aliphatic carbocycles. The molecule has 10 nitrogen and oxygen atoms in total. The Bertz CT molecular complexity index is 1300. The third kappa shape index (κ3) is 22.6. The summed E-state index contributed by atoms with van der Waals surface area (Å²) in [6, 6.07) is 19.0. The molecule has 0 aliphatic rings. The molecule has 0 heterocycles. The normalized spacial score (nSPS) is 14.9. The molecule has 3 N–H and O–H groups in total. The van der Waals surface area contributed by atoms with Crippen molar-refractivity contribution in [3.8, 4) is 0 Å². The van der Waals surface area contributed by atoms with Crippen LogP contribution >= 0.6 is 0 Å². The highest BCUT2D eigenvalue weighted by molar-refractivity contribution is 5.71. The zero-order valence-electron chi connectivity index (χ0n) is 32.8. The molecule has 6 atom stereocenters. The molecule has 0 fully saturated rings. The van der Waals surface area contributed by atoms with Crippen molar-refractivity contribution in [2.24, 2.45) is 0 Å². The summed E-state index contributed by atoms with van der Waals surface area (Å²) in [4.78, 5) is 38.4. The number of benzene rings is 2. The Labute approximate surface area is 323 Å². The van der Waals surface area contributed by atoms with Gasteiger partial charge < -0.3 is 34.3 Å². The Balaban J connectivity index is 1.91. The zero-order chi connectivity index (χ0) is 39.4. The van der Waals surface area contributed by atoms with Gasteiger partial charge in [0.2, 0.25) is 0 Å². The smallest absolute Gasteiger partial charge is 0.308 e. The molecule has 0 amide bonds. The second kappa shape index (κ2) is 28.8. The number of hydrogen-bond acceptors (Lipinski definition) is 10. The maximum absolute atomic E-state index is 13.0. The van der Waals surface area contributed by atoms with Gasteiger partial charge in [0.15, 0.2) is 0 Å².